The van der Waals surface area contributed by atoms with Gasteiger partial charge in [0.2, 0.25) is 0 Å². The van der Waals surface area contributed by atoms with Crippen LogP contribution in [0.3, 0.4) is 0 Å². The van der Waals surface area contributed by atoms with Gasteiger partial charge in [0.1, 0.15) is 0 Å². The lowest BCUT2D eigenvalue weighted by molar-refractivity contribution is 0.602. The summed E-state index contributed by atoms with van der Waals surface area (Å²) in [6.07, 6.45) is 3.29. The smallest absolute Gasteiger partial charge is 0.175 e. The van der Waals surface area contributed by atoms with Crippen molar-refractivity contribution >= 4 is 9.84 Å². The van der Waals surface area contributed by atoms with E-state index < -0.39 is 9.84 Å². The van der Waals surface area contributed by atoms with Gasteiger partial charge in [-0.25, -0.2) is 8.42 Å². The number of nitrogens with one attached hydrogen (secondary N) is 1. The third-order valence-corrected chi connectivity index (χ3v) is 3.55. The van der Waals surface area contributed by atoms with Crippen molar-refractivity contribution in [2.24, 2.45) is 0 Å². The molecule has 1 aromatic rings. The Kier molecular flexibility index (Phi) is 4.96. The van der Waals surface area contributed by atoms with E-state index >= 15 is 0 Å². The number of hydrogen-bond acceptors (Lipinski definition) is 3. The SMILES string of the molecule is CCNCCCc1ccc(S(C)(=O)=O)cc1. The Morgan fingerprint density at radius 3 is 2.31 bits per heavy atom. The number of benzene rings is 1. The third kappa shape index (κ3) is 4.33. The molecule has 0 aromatic heterocycles. The van der Waals surface area contributed by atoms with Crippen LogP contribution in [-0.4, -0.2) is 27.8 Å². The molecule has 0 radical (unpaired) electrons. The average molecular weight is 241 g/mol. The maximum atomic E-state index is 11.2. The van der Waals surface area contributed by atoms with Gasteiger partial charge < -0.3 is 5.32 Å². The fraction of sp³-hybridized carbons (Fsp3) is 0.500. The van der Waals surface area contributed by atoms with Gasteiger partial charge in [-0.1, -0.05) is 19.1 Å². The second-order valence-electron chi connectivity index (χ2n) is 3.87. The van der Waals surface area contributed by atoms with Gasteiger partial charge in [0.05, 0.1) is 4.90 Å². The molecule has 0 unspecified atom stereocenters. The van der Waals surface area contributed by atoms with Crippen molar-refractivity contribution < 1.29 is 8.42 Å². The predicted octanol–water partition coefficient (Wildman–Crippen LogP) is 1.63. The molecule has 1 N–H and O–H groups in total. The van der Waals surface area contributed by atoms with E-state index in [0.29, 0.717) is 4.90 Å². The number of hydrogen-bond donors (Lipinski definition) is 1. The molecule has 0 aliphatic rings. The minimum absolute atomic E-state index is 0.392. The normalized spacial score (nSPS) is 11.6. The summed E-state index contributed by atoms with van der Waals surface area (Å²) in [4.78, 5) is 0.392. The Morgan fingerprint density at radius 1 is 1.19 bits per heavy atom. The van der Waals surface area contributed by atoms with Gasteiger partial charge in [-0.2, -0.15) is 0 Å². The minimum atomic E-state index is -3.06. The molecule has 0 heterocycles. The van der Waals surface area contributed by atoms with E-state index in [0.717, 1.165) is 25.9 Å². The van der Waals surface area contributed by atoms with Crippen molar-refractivity contribution in [3.63, 3.8) is 0 Å². The van der Waals surface area contributed by atoms with Gasteiger partial charge in [0, 0.05) is 6.26 Å². The molecule has 0 saturated carbocycles. The summed E-state index contributed by atoms with van der Waals surface area (Å²) in [7, 11) is -3.06. The standard InChI is InChI=1S/C12H19NO2S/c1-3-13-10-4-5-11-6-8-12(9-7-11)16(2,14)15/h6-9,13H,3-5,10H2,1-2H3. The second-order valence-corrected chi connectivity index (χ2v) is 5.89. The molecule has 4 heteroatoms. The van der Waals surface area contributed by atoms with Crippen LogP contribution in [0.5, 0.6) is 0 Å². The van der Waals surface area contributed by atoms with Gasteiger partial charge in [-0.05, 0) is 43.6 Å². The van der Waals surface area contributed by atoms with Gasteiger partial charge in [-0.3, -0.25) is 0 Å². The van der Waals surface area contributed by atoms with Crippen molar-refractivity contribution in [1.29, 1.82) is 0 Å². The maximum Gasteiger partial charge on any atom is 0.175 e. The number of aryl methyl sites for hydroxylation is 1. The van der Waals surface area contributed by atoms with Crippen LogP contribution in [0.25, 0.3) is 0 Å². The summed E-state index contributed by atoms with van der Waals surface area (Å²) in [5.74, 6) is 0. The molecule has 16 heavy (non-hydrogen) atoms. The summed E-state index contributed by atoms with van der Waals surface area (Å²) in [5, 5.41) is 3.26. The van der Waals surface area contributed by atoms with E-state index in [1.165, 1.54) is 11.8 Å². The van der Waals surface area contributed by atoms with Crippen LogP contribution in [0.2, 0.25) is 0 Å². The van der Waals surface area contributed by atoms with Crippen molar-refractivity contribution in [2.75, 3.05) is 19.3 Å². The van der Waals surface area contributed by atoms with Crippen LogP contribution < -0.4 is 5.32 Å². The van der Waals surface area contributed by atoms with Crippen LogP contribution in [0.15, 0.2) is 29.2 Å². The zero-order valence-corrected chi connectivity index (χ0v) is 10.7. The van der Waals surface area contributed by atoms with Crippen LogP contribution in [0, 0.1) is 0 Å². The molecular weight excluding hydrogens is 222 g/mol. The summed E-state index contributed by atoms with van der Waals surface area (Å²) < 4.78 is 22.5. The van der Waals surface area contributed by atoms with E-state index in [1.807, 2.05) is 12.1 Å². The topological polar surface area (TPSA) is 46.2 Å². The van der Waals surface area contributed by atoms with Crippen LogP contribution in [0.1, 0.15) is 18.9 Å². The monoisotopic (exact) mass is 241 g/mol. The molecule has 0 aliphatic carbocycles. The minimum Gasteiger partial charge on any atom is -0.317 e. The Morgan fingerprint density at radius 2 is 1.81 bits per heavy atom. The van der Waals surface area contributed by atoms with Gasteiger partial charge in [0.25, 0.3) is 0 Å². The number of sulfone groups is 1. The largest absolute Gasteiger partial charge is 0.317 e. The average Bonchev–Trinajstić information content (AvgIpc) is 2.24. The highest BCUT2D eigenvalue weighted by Crippen LogP contribution is 2.11. The first-order valence-electron chi connectivity index (χ1n) is 5.53. The molecule has 1 aromatic carbocycles. The molecule has 0 spiro atoms. The molecule has 0 saturated heterocycles. The maximum absolute atomic E-state index is 11.2. The molecular formula is C12H19NO2S. The second kappa shape index (κ2) is 6.01. The fourth-order valence-electron chi connectivity index (χ4n) is 1.50. The van der Waals surface area contributed by atoms with E-state index in [-0.39, 0.29) is 0 Å². The Balaban J connectivity index is 2.52. The Bertz CT molecular complexity index is 409. The first-order valence-corrected chi connectivity index (χ1v) is 7.43. The predicted molar refractivity (Wildman–Crippen MR) is 66.4 cm³/mol. The van der Waals surface area contributed by atoms with E-state index in [2.05, 4.69) is 12.2 Å². The van der Waals surface area contributed by atoms with Crippen LogP contribution in [-0.2, 0) is 16.3 Å². The summed E-state index contributed by atoms with van der Waals surface area (Å²) >= 11 is 0. The first kappa shape index (κ1) is 13.2. The summed E-state index contributed by atoms with van der Waals surface area (Å²) in [5.41, 5.74) is 1.19. The molecule has 0 atom stereocenters. The van der Waals surface area contributed by atoms with E-state index in [4.69, 9.17) is 0 Å². The van der Waals surface area contributed by atoms with Crippen LogP contribution in [0.4, 0.5) is 0 Å². The Hall–Kier alpha value is -0.870. The molecule has 0 bridgehead atoms. The molecule has 1 rings (SSSR count). The lowest BCUT2D eigenvalue weighted by Gasteiger charge is -2.03. The molecule has 90 valence electrons. The van der Waals surface area contributed by atoms with Gasteiger partial charge in [0.15, 0.2) is 9.84 Å². The summed E-state index contributed by atoms with van der Waals surface area (Å²) in [6, 6.07) is 7.14. The lowest BCUT2D eigenvalue weighted by Crippen LogP contribution is -2.14. The molecule has 0 amide bonds. The highest BCUT2D eigenvalue weighted by atomic mass is 32.2. The molecule has 3 nitrogen and oxygen atoms in total. The highest BCUT2D eigenvalue weighted by Gasteiger charge is 2.05. The van der Waals surface area contributed by atoms with Crippen molar-refractivity contribution in [3.05, 3.63) is 29.8 Å². The van der Waals surface area contributed by atoms with E-state index in [1.54, 1.807) is 12.1 Å². The van der Waals surface area contributed by atoms with Gasteiger partial charge >= 0.3 is 0 Å². The van der Waals surface area contributed by atoms with Gasteiger partial charge in [-0.15, -0.1) is 0 Å². The quantitative estimate of drug-likeness (QED) is 0.770. The van der Waals surface area contributed by atoms with E-state index in [9.17, 15) is 8.42 Å². The first-order chi connectivity index (χ1) is 7.54. The van der Waals surface area contributed by atoms with Crippen LogP contribution >= 0.6 is 0 Å². The molecule has 0 aliphatic heterocycles. The lowest BCUT2D eigenvalue weighted by atomic mass is 10.1. The summed E-state index contributed by atoms with van der Waals surface area (Å²) in [6.45, 7) is 4.08. The van der Waals surface area contributed by atoms with Crippen molar-refractivity contribution in [1.82, 2.24) is 5.32 Å². The van der Waals surface area contributed by atoms with Crippen molar-refractivity contribution in [3.8, 4) is 0 Å². The molecule has 0 fully saturated rings. The zero-order chi connectivity index (χ0) is 12.0. The van der Waals surface area contributed by atoms with Crippen molar-refractivity contribution in [2.45, 2.75) is 24.7 Å². The highest BCUT2D eigenvalue weighted by molar-refractivity contribution is 7.90. The fourth-order valence-corrected chi connectivity index (χ4v) is 2.13. The zero-order valence-electron chi connectivity index (χ0n) is 9.86. The number of rotatable bonds is 6. The third-order valence-electron chi connectivity index (χ3n) is 2.42. The Labute approximate surface area is 97.8 Å².